The monoisotopic (exact) mass is 323 g/mol. The average molecular weight is 323 g/mol. The molecule has 0 spiro atoms. The number of carbonyl (C=O) groups excluding carboxylic acids is 2. The number of aromatic nitrogens is 1. The first-order valence-electron chi connectivity index (χ1n) is 6.25. The third-order valence-corrected chi connectivity index (χ3v) is 4.65. The van der Waals surface area contributed by atoms with E-state index in [-0.39, 0.29) is 29.6 Å². The summed E-state index contributed by atoms with van der Waals surface area (Å²) in [6, 6.07) is 7.72. The summed E-state index contributed by atoms with van der Waals surface area (Å²) >= 11 is 2.73. The fraction of sp³-hybridized carbons (Fsp3) is 0.250. The zero-order valence-corrected chi connectivity index (χ0v) is 12.5. The molecule has 7 nitrogen and oxygen atoms in total. The van der Waals surface area contributed by atoms with Gasteiger partial charge in [-0.2, -0.15) is 0 Å². The van der Waals surface area contributed by atoms with E-state index >= 15 is 0 Å². The summed E-state index contributed by atoms with van der Waals surface area (Å²) in [7, 11) is 0. The minimum absolute atomic E-state index is 0.0992. The molecule has 1 unspecified atom stereocenters. The van der Waals surface area contributed by atoms with Crippen LogP contribution in [0.25, 0.3) is 10.2 Å². The van der Waals surface area contributed by atoms with Crippen LogP contribution in [0.1, 0.15) is 0 Å². The van der Waals surface area contributed by atoms with Crippen LogP contribution in [0.15, 0.2) is 24.3 Å². The van der Waals surface area contributed by atoms with E-state index in [1.54, 1.807) is 0 Å². The van der Waals surface area contributed by atoms with Gasteiger partial charge in [0.2, 0.25) is 11.8 Å². The van der Waals surface area contributed by atoms with Gasteiger partial charge in [-0.25, -0.2) is 15.8 Å². The van der Waals surface area contributed by atoms with Crippen molar-refractivity contribution in [1.82, 2.24) is 21.2 Å². The van der Waals surface area contributed by atoms with Crippen molar-refractivity contribution in [3.05, 3.63) is 24.3 Å². The fourth-order valence-corrected chi connectivity index (χ4v) is 3.43. The zero-order chi connectivity index (χ0) is 14.7. The van der Waals surface area contributed by atoms with Gasteiger partial charge in [-0.05, 0) is 12.1 Å². The second kappa shape index (κ2) is 6.39. The first-order chi connectivity index (χ1) is 10.2. The maximum absolute atomic E-state index is 11.9. The van der Waals surface area contributed by atoms with Crippen molar-refractivity contribution in [2.75, 3.05) is 17.6 Å². The lowest BCUT2D eigenvalue weighted by Gasteiger charge is -2.24. The topological polar surface area (TPSA) is 95.2 Å². The van der Waals surface area contributed by atoms with E-state index in [0.29, 0.717) is 5.13 Å². The summed E-state index contributed by atoms with van der Waals surface area (Å²) in [4.78, 5) is 27.4. The average Bonchev–Trinajstić information content (AvgIpc) is 2.87. The van der Waals surface area contributed by atoms with Crippen molar-refractivity contribution in [3.63, 3.8) is 0 Å². The van der Waals surface area contributed by atoms with Crippen molar-refractivity contribution in [3.8, 4) is 0 Å². The van der Waals surface area contributed by atoms with Crippen LogP contribution in [-0.4, -0.2) is 34.6 Å². The van der Waals surface area contributed by atoms with Gasteiger partial charge in [-0.15, -0.1) is 11.8 Å². The van der Waals surface area contributed by atoms with Crippen LogP contribution < -0.4 is 21.5 Å². The summed E-state index contributed by atoms with van der Waals surface area (Å²) < 4.78 is 1.03. The van der Waals surface area contributed by atoms with E-state index in [9.17, 15) is 9.59 Å². The number of benzene rings is 1. The first kappa shape index (κ1) is 14.3. The Morgan fingerprint density at radius 1 is 1.48 bits per heavy atom. The second-order valence-corrected chi connectivity index (χ2v) is 6.42. The number of fused-ring (bicyclic) bond motifs is 1. The van der Waals surface area contributed by atoms with Crippen molar-refractivity contribution in [2.24, 2.45) is 0 Å². The number of hydrogen-bond donors (Lipinski definition) is 4. The number of thiazole rings is 1. The molecular weight excluding hydrogens is 310 g/mol. The molecule has 3 rings (SSSR count). The van der Waals surface area contributed by atoms with Crippen molar-refractivity contribution in [2.45, 2.75) is 5.50 Å². The van der Waals surface area contributed by atoms with E-state index < -0.39 is 0 Å². The van der Waals surface area contributed by atoms with Gasteiger partial charge < -0.3 is 10.6 Å². The molecule has 0 saturated carbocycles. The SMILES string of the molecule is O=C(CSC1NNCC(=O)N1)Nc1nc2ccccc2s1. The van der Waals surface area contributed by atoms with Gasteiger partial charge >= 0.3 is 0 Å². The van der Waals surface area contributed by atoms with Gasteiger partial charge in [0.1, 0.15) is 5.50 Å². The van der Waals surface area contributed by atoms with Gasteiger partial charge in [-0.3, -0.25) is 9.59 Å². The standard InChI is InChI=1S/C12H13N5O2S2/c18-9-5-13-17-12(15-9)20-6-10(19)16-11-14-7-3-1-2-4-8(7)21-11/h1-4,12-13,17H,5-6H2,(H,15,18)(H,14,16,19). The van der Waals surface area contributed by atoms with Crippen molar-refractivity contribution in [1.29, 1.82) is 0 Å². The fourth-order valence-electron chi connectivity index (χ4n) is 1.78. The zero-order valence-electron chi connectivity index (χ0n) is 10.9. The van der Waals surface area contributed by atoms with E-state index in [1.807, 2.05) is 24.3 Å². The molecule has 2 amide bonds. The van der Waals surface area contributed by atoms with Crippen LogP contribution in [0, 0.1) is 0 Å². The maximum Gasteiger partial charge on any atom is 0.237 e. The van der Waals surface area contributed by atoms with Gasteiger partial charge in [0.25, 0.3) is 0 Å². The van der Waals surface area contributed by atoms with Crippen LogP contribution in [0.2, 0.25) is 0 Å². The third-order valence-electron chi connectivity index (χ3n) is 2.70. The molecule has 1 aromatic heterocycles. The summed E-state index contributed by atoms with van der Waals surface area (Å²) in [6.07, 6.45) is 0. The van der Waals surface area contributed by atoms with Crippen LogP contribution in [0.3, 0.4) is 0 Å². The molecule has 1 fully saturated rings. The Morgan fingerprint density at radius 2 is 2.33 bits per heavy atom. The lowest BCUT2D eigenvalue weighted by molar-refractivity contribution is -0.122. The number of rotatable bonds is 4. The van der Waals surface area contributed by atoms with Crippen molar-refractivity contribution >= 4 is 50.3 Å². The predicted molar refractivity (Wildman–Crippen MR) is 83.8 cm³/mol. The molecule has 9 heteroatoms. The second-order valence-electron chi connectivity index (χ2n) is 4.29. The number of nitrogens with one attached hydrogen (secondary N) is 4. The molecule has 1 aliphatic heterocycles. The molecule has 4 N–H and O–H groups in total. The Kier molecular flexibility index (Phi) is 4.34. The minimum Gasteiger partial charge on any atom is -0.330 e. The van der Waals surface area contributed by atoms with Crippen LogP contribution >= 0.6 is 23.1 Å². The molecule has 0 radical (unpaired) electrons. The lowest BCUT2D eigenvalue weighted by Crippen LogP contribution is -2.58. The van der Waals surface area contributed by atoms with Gasteiger partial charge in [0, 0.05) is 0 Å². The third kappa shape index (κ3) is 3.70. The molecule has 21 heavy (non-hydrogen) atoms. The maximum atomic E-state index is 11.9. The largest absolute Gasteiger partial charge is 0.330 e. The number of anilines is 1. The highest BCUT2D eigenvalue weighted by atomic mass is 32.2. The van der Waals surface area contributed by atoms with Gasteiger partial charge in [0.15, 0.2) is 5.13 Å². The summed E-state index contributed by atoms with van der Waals surface area (Å²) in [5.41, 5.74) is 6.19. The highest BCUT2D eigenvalue weighted by Crippen LogP contribution is 2.25. The Morgan fingerprint density at radius 3 is 3.14 bits per heavy atom. The molecule has 2 heterocycles. The Labute approximate surface area is 128 Å². The van der Waals surface area contributed by atoms with Gasteiger partial charge in [-0.1, -0.05) is 23.5 Å². The molecule has 1 saturated heterocycles. The Bertz CT molecular complexity index is 641. The summed E-state index contributed by atoms with van der Waals surface area (Å²) in [5.74, 6) is -0.0336. The quantitative estimate of drug-likeness (QED) is 0.654. The van der Waals surface area contributed by atoms with Crippen LogP contribution in [0.4, 0.5) is 5.13 Å². The normalized spacial score (nSPS) is 18.5. The number of thioether (sulfide) groups is 1. The molecule has 0 aliphatic carbocycles. The molecule has 110 valence electrons. The molecule has 1 aromatic carbocycles. The molecule has 2 aromatic rings. The Balaban J connectivity index is 1.52. The first-order valence-corrected chi connectivity index (χ1v) is 8.12. The van der Waals surface area contributed by atoms with Crippen LogP contribution in [0.5, 0.6) is 0 Å². The number of carbonyl (C=O) groups is 2. The number of para-hydroxylation sites is 1. The van der Waals surface area contributed by atoms with Gasteiger partial charge in [0.05, 0.1) is 22.5 Å². The highest BCUT2D eigenvalue weighted by molar-refractivity contribution is 8.00. The van der Waals surface area contributed by atoms with E-state index in [2.05, 4.69) is 26.5 Å². The number of amides is 2. The summed E-state index contributed by atoms with van der Waals surface area (Å²) in [5, 5.41) is 6.07. The lowest BCUT2D eigenvalue weighted by atomic mass is 10.3. The number of nitrogens with zero attached hydrogens (tertiary/aromatic N) is 1. The minimum atomic E-state index is -0.313. The molecule has 0 bridgehead atoms. The predicted octanol–water partition coefficient (Wildman–Crippen LogP) is 0.476. The summed E-state index contributed by atoms with van der Waals surface area (Å²) in [6.45, 7) is 0.231. The van der Waals surface area contributed by atoms with E-state index in [0.717, 1.165) is 10.2 Å². The Hall–Kier alpha value is -1.68. The van der Waals surface area contributed by atoms with Crippen LogP contribution in [-0.2, 0) is 9.59 Å². The number of hydrazine groups is 1. The number of hydrogen-bond acceptors (Lipinski definition) is 7. The van der Waals surface area contributed by atoms with Crippen molar-refractivity contribution < 1.29 is 9.59 Å². The molecule has 1 atom stereocenters. The smallest absolute Gasteiger partial charge is 0.237 e. The van der Waals surface area contributed by atoms with E-state index in [4.69, 9.17) is 0 Å². The molecular formula is C12H13N5O2S2. The molecule has 1 aliphatic rings. The highest BCUT2D eigenvalue weighted by Gasteiger charge is 2.18. The van der Waals surface area contributed by atoms with E-state index in [1.165, 1.54) is 23.1 Å².